The molecule has 2 aromatic rings. The first-order valence-electron chi connectivity index (χ1n) is 6.12. The van der Waals surface area contributed by atoms with Crippen molar-refractivity contribution in [3.8, 4) is 5.75 Å². The number of alkyl halides is 2. The van der Waals surface area contributed by atoms with Gasteiger partial charge in [0.15, 0.2) is 0 Å². The van der Waals surface area contributed by atoms with Crippen molar-refractivity contribution >= 4 is 39.8 Å². The molecular weight excluding hydrogens is 283 g/mol. The van der Waals surface area contributed by atoms with Crippen molar-refractivity contribution in [2.24, 2.45) is 0 Å². The van der Waals surface area contributed by atoms with Crippen molar-refractivity contribution in [1.29, 1.82) is 0 Å². The van der Waals surface area contributed by atoms with E-state index in [-0.39, 0.29) is 5.75 Å². The highest BCUT2D eigenvalue weighted by molar-refractivity contribution is 6.22. The van der Waals surface area contributed by atoms with Crippen LogP contribution in [-0.4, -0.2) is 27.4 Å². The lowest BCUT2D eigenvalue weighted by Crippen LogP contribution is -2.42. The quantitative estimate of drug-likeness (QED) is 0.821. The third-order valence-electron chi connectivity index (χ3n) is 3.32. The maximum atomic E-state index is 9.62. The highest BCUT2D eigenvalue weighted by Gasteiger charge is 2.27. The number of aromatic nitrogens is 1. The van der Waals surface area contributed by atoms with E-state index < -0.39 is 5.54 Å². The van der Waals surface area contributed by atoms with Crippen molar-refractivity contribution in [1.82, 2.24) is 4.98 Å². The third kappa shape index (κ3) is 2.88. The van der Waals surface area contributed by atoms with Gasteiger partial charge in [0.05, 0.1) is 5.54 Å². The number of anilines is 1. The van der Waals surface area contributed by atoms with Gasteiger partial charge < -0.3 is 10.4 Å². The predicted octanol–water partition coefficient (Wildman–Crippen LogP) is 3.98. The molecule has 0 aliphatic heterocycles. The Morgan fingerprint density at radius 2 is 2.00 bits per heavy atom. The van der Waals surface area contributed by atoms with Gasteiger partial charge in [0.1, 0.15) is 11.6 Å². The number of nitrogens with one attached hydrogen (secondary N) is 1. The minimum atomic E-state index is -0.393. The molecule has 1 heterocycles. The lowest BCUT2D eigenvalue weighted by Gasteiger charge is -2.30. The number of hydrogen-bond acceptors (Lipinski definition) is 3. The molecule has 0 bridgehead atoms. The first kappa shape index (κ1) is 14.2. The summed E-state index contributed by atoms with van der Waals surface area (Å²) in [5.41, 5.74) is -0.393. The Morgan fingerprint density at radius 3 is 2.63 bits per heavy atom. The number of aromatic hydroxyl groups is 1. The van der Waals surface area contributed by atoms with E-state index >= 15 is 0 Å². The Bertz CT molecular complexity index is 562. The molecule has 0 amide bonds. The van der Waals surface area contributed by atoms with Gasteiger partial charge in [-0.05, 0) is 30.0 Å². The van der Waals surface area contributed by atoms with Crippen molar-refractivity contribution in [2.45, 2.75) is 18.9 Å². The van der Waals surface area contributed by atoms with Gasteiger partial charge in [-0.2, -0.15) is 0 Å². The Kier molecular flexibility index (Phi) is 4.38. The summed E-state index contributed by atoms with van der Waals surface area (Å²) in [6.07, 6.45) is 2.52. The number of fused-ring (bicyclic) bond motifs is 1. The lowest BCUT2D eigenvalue weighted by molar-refractivity contribution is 0.476. The van der Waals surface area contributed by atoms with E-state index in [1.807, 2.05) is 19.1 Å². The topological polar surface area (TPSA) is 45.2 Å². The van der Waals surface area contributed by atoms with Gasteiger partial charge in [0, 0.05) is 23.3 Å². The van der Waals surface area contributed by atoms with Crippen LogP contribution >= 0.6 is 23.2 Å². The fourth-order valence-corrected chi connectivity index (χ4v) is 2.68. The van der Waals surface area contributed by atoms with Crippen LogP contribution in [0.2, 0.25) is 0 Å². The highest BCUT2D eigenvalue weighted by atomic mass is 35.5. The van der Waals surface area contributed by atoms with E-state index in [1.165, 1.54) is 0 Å². The number of nitrogens with zero attached hydrogens (tertiary/aromatic N) is 1. The van der Waals surface area contributed by atoms with E-state index in [9.17, 15) is 5.11 Å². The molecule has 0 atom stereocenters. The van der Waals surface area contributed by atoms with Gasteiger partial charge in [-0.3, -0.25) is 0 Å². The van der Waals surface area contributed by atoms with Crippen molar-refractivity contribution in [3.05, 3.63) is 30.5 Å². The van der Waals surface area contributed by atoms with Gasteiger partial charge in [-0.15, -0.1) is 23.2 Å². The Balaban J connectivity index is 2.47. The van der Waals surface area contributed by atoms with Crippen LogP contribution in [0, 0.1) is 0 Å². The highest BCUT2D eigenvalue weighted by Crippen LogP contribution is 2.29. The maximum absolute atomic E-state index is 9.62. The van der Waals surface area contributed by atoms with E-state index in [0.717, 1.165) is 17.2 Å². The molecule has 0 spiro atoms. The molecule has 0 aliphatic carbocycles. The number of pyridine rings is 1. The summed E-state index contributed by atoms with van der Waals surface area (Å²) in [7, 11) is 0. The first-order chi connectivity index (χ1) is 9.14. The second-order valence-corrected chi connectivity index (χ2v) is 5.13. The Hall–Kier alpha value is -1.19. The predicted molar refractivity (Wildman–Crippen MR) is 81.5 cm³/mol. The number of hydrogen-bond donors (Lipinski definition) is 2. The average Bonchev–Trinajstić information content (AvgIpc) is 2.45. The van der Waals surface area contributed by atoms with Gasteiger partial charge in [-0.1, -0.05) is 13.0 Å². The third-order valence-corrected chi connectivity index (χ3v) is 4.34. The lowest BCUT2D eigenvalue weighted by atomic mass is 10.0. The van der Waals surface area contributed by atoms with Gasteiger partial charge in [0.25, 0.3) is 0 Å². The summed E-state index contributed by atoms with van der Waals surface area (Å²) in [4.78, 5) is 4.34. The molecule has 102 valence electrons. The van der Waals surface area contributed by atoms with Crippen LogP contribution in [0.15, 0.2) is 30.5 Å². The molecule has 0 saturated heterocycles. The molecular formula is C14H16Cl2N2O. The normalized spacial score (nSPS) is 11.7. The monoisotopic (exact) mass is 298 g/mol. The molecule has 19 heavy (non-hydrogen) atoms. The average molecular weight is 299 g/mol. The summed E-state index contributed by atoms with van der Waals surface area (Å²) >= 11 is 12.1. The van der Waals surface area contributed by atoms with Gasteiger partial charge >= 0.3 is 0 Å². The van der Waals surface area contributed by atoms with Crippen LogP contribution in [0.25, 0.3) is 10.8 Å². The number of rotatable bonds is 5. The molecule has 1 aromatic carbocycles. The number of benzene rings is 1. The zero-order valence-electron chi connectivity index (χ0n) is 10.7. The van der Waals surface area contributed by atoms with E-state index in [4.69, 9.17) is 23.2 Å². The van der Waals surface area contributed by atoms with Crippen LogP contribution in [0.4, 0.5) is 5.82 Å². The summed E-state index contributed by atoms with van der Waals surface area (Å²) in [6, 6.07) is 7.09. The minimum Gasteiger partial charge on any atom is -0.508 e. The SMILES string of the molecule is CCC(CCl)(CCl)Nc1nccc2ccc(O)cc12. The second-order valence-electron chi connectivity index (χ2n) is 4.59. The smallest absolute Gasteiger partial charge is 0.134 e. The van der Waals surface area contributed by atoms with Gasteiger partial charge in [0.2, 0.25) is 0 Å². The van der Waals surface area contributed by atoms with E-state index in [0.29, 0.717) is 17.6 Å². The van der Waals surface area contributed by atoms with Crippen LogP contribution in [0.1, 0.15) is 13.3 Å². The summed E-state index contributed by atoms with van der Waals surface area (Å²) in [5.74, 6) is 1.69. The largest absolute Gasteiger partial charge is 0.508 e. The van der Waals surface area contributed by atoms with Crippen molar-refractivity contribution in [3.63, 3.8) is 0 Å². The van der Waals surface area contributed by atoms with Crippen LogP contribution in [0.5, 0.6) is 5.75 Å². The molecule has 3 nitrogen and oxygen atoms in total. The molecule has 1 aromatic heterocycles. The first-order valence-corrected chi connectivity index (χ1v) is 7.19. The molecule has 0 radical (unpaired) electrons. The number of halogens is 2. The molecule has 0 aliphatic rings. The summed E-state index contributed by atoms with van der Waals surface area (Å²) in [6.45, 7) is 2.03. The summed E-state index contributed by atoms with van der Waals surface area (Å²) in [5, 5.41) is 14.8. The zero-order valence-corrected chi connectivity index (χ0v) is 12.2. The number of phenols is 1. The minimum absolute atomic E-state index is 0.211. The van der Waals surface area contributed by atoms with Crippen molar-refractivity contribution in [2.75, 3.05) is 17.1 Å². The fraction of sp³-hybridized carbons (Fsp3) is 0.357. The molecule has 2 rings (SSSR count). The zero-order chi connectivity index (χ0) is 13.9. The molecule has 5 heteroatoms. The van der Waals surface area contributed by atoms with Crippen LogP contribution in [0.3, 0.4) is 0 Å². The van der Waals surface area contributed by atoms with Crippen molar-refractivity contribution < 1.29 is 5.11 Å². The molecule has 2 N–H and O–H groups in total. The Labute approximate surface area is 122 Å². The van der Waals surface area contributed by atoms with Gasteiger partial charge in [-0.25, -0.2) is 4.98 Å². The summed E-state index contributed by atoms with van der Waals surface area (Å²) < 4.78 is 0. The standard InChI is InChI=1S/C14H16Cl2N2O/c1-2-14(8-15,9-16)18-13-12-7-11(19)4-3-10(12)5-6-17-13/h3-7,19H,2,8-9H2,1H3,(H,17,18). The van der Waals surface area contributed by atoms with Crippen LogP contribution in [-0.2, 0) is 0 Å². The van der Waals surface area contributed by atoms with E-state index in [1.54, 1.807) is 18.3 Å². The molecule has 0 saturated carbocycles. The Morgan fingerprint density at radius 1 is 1.26 bits per heavy atom. The van der Waals surface area contributed by atoms with Crippen LogP contribution < -0.4 is 5.32 Å². The fourth-order valence-electron chi connectivity index (χ4n) is 1.89. The maximum Gasteiger partial charge on any atom is 0.134 e. The molecule has 0 unspecified atom stereocenters. The molecule has 0 fully saturated rings. The van der Waals surface area contributed by atoms with E-state index in [2.05, 4.69) is 10.3 Å². The number of phenolic OH excluding ortho intramolecular Hbond substituents is 1. The second kappa shape index (κ2) is 5.85.